The average Bonchev–Trinajstić information content (AvgIpc) is 3.47. The Kier molecular flexibility index (Phi) is 67.6. The molecule has 1 unspecified atom stereocenters. The monoisotopic (exact) mass is 1150 g/mol. The lowest BCUT2D eigenvalue weighted by atomic mass is 10.0. The van der Waals surface area contributed by atoms with Gasteiger partial charge in [-0.1, -0.05) is 338 Å². The summed E-state index contributed by atoms with van der Waals surface area (Å²) < 4.78 is 16.9. The molecule has 0 heterocycles. The van der Waals surface area contributed by atoms with Crippen LogP contribution in [0.5, 0.6) is 0 Å². The summed E-state index contributed by atoms with van der Waals surface area (Å²) in [6.45, 7) is 6.52. The van der Waals surface area contributed by atoms with Crippen LogP contribution in [0, 0.1) is 0 Å². The van der Waals surface area contributed by atoms with E-state index in [0.29, 0.717) is 19.3 Å². The molecule has 0 aliphatic heterocycles. The molecule has 0 fully saturated rings. The number of allylic oxidation sites excluding steroid dienone is 12. The van der Waals surface area contributed by atoms with E-state index in [0.717, 1.165) is 89.9 Å². The second kappa shape index (κ2) is 70.3. The molecular formula is C76H136O6. The molecule has 476 valence electrons. The van der Waals surface area contributed by atoms with Crippen molar-refractivity contribution in [3.05, 3.63) is 72.9 Å². The molecular weight excluding hydrogens is 1010 g/mol. The van der Waals surface area contributed by atoms with E-state index >= 15 is 0 Å². The summed E-state index contributed by atoms with van der Waals surface area (Å²) in [6, 6.07) is 0. The summed E-state index contributed by atoms with van der Waals surface area (Å²) in [5.74, 6) is -0.860. The molecule has 0 amide bonds. The van der Waals surface area contributed by atoms with Gasteiger partial charge in [-0.2, -0.15) is 0 Å². The lowest BCUT2D eigenvalue weighted by Gasteiger charge is -2.18. The molecule has 0 radical (unpaired) electrons. The van der Waals surface area contributed by atoms with Gasteiger partial charge < -0.3 is 14.2 Å². The molecule has 0 saturated heterocycles. The number of hydrogen-bond acceptors (Lipinski definition) is 6. The number of ether oxygens (including phenoxy) is 3. The van der Waals surface area contributed by atoms with Crippen LogP contribution in [0.4, 0.5) is 0 Å². The van der Waals surface area contributed by atoms with Gasteiger partial charge in [-0.25, -0.2) is 0 Å². The van der Waals surface area contributed by atoms with Crippen molar-refractivity contribution in [3.8, 4) is 0 Å². The van der Waals surface area contributed by atoms with Crippen molar-refractivity contribution in [2.24, 2.45) is 0 Å². The minimum atomic E-state index is -0.771. The van der Waals surface area contributed by atoms with Crippen molar-refractivity contribution < 1.29 is 28.6 Å². The van der Waals surface area contributed by atoms with Crippen LogP contribution in [-0.2, 0) is 28.6 Å². The maximum Gasteiger partial charge on any atom is 0.306 e. The van der Waals surface area contributed by atoms with Crippen molar-refractivity contribution in [3.63, 3.8) is 0 Å². The van der Waals surface area contributed by atoms with E-state index in [4.69, 9.17) is 14.2 Å². The third kappa shape index (κ3) is 67.6. The van der Waals surface area contributed by atoms with E-state index in [9.17, 15) is 14.4 Å². The SMILES string of the molecule is CC/C=C\C/C=C\C/C=C\C/C=C\C/C=C\CCCCCCCCCCCCCCCCCC(=O)OCC(COC(=O)CCCCCCCC)OC(=O)CCCCCCCCCCCCCCCCC/C=C\CCCCCCCCCC. The van der Waals surface area contributed by atoms with E-state index in [1.807, 2.05) is 0 Å². The van der Waals surface area contributed by atoms with Gasteiger partial charge in [-0.3, -0.25) is 14.4 Å². The highest BCUT2D eigenvalue weighted by Crippen LogP contribution is 2.18. The van der Waals surface area contributed by atoms with Crippen LogP contribution >= 0.6 is 0 Å². The molecule has 0 spiro atoms. The molecule has 6 nitrogen and oxygen atoms in total. The molecule has 0 rings (SSSR count). The zero-order valence-electron chi connectivity index (χ0n) is 54.8. The Balaban J connectivity index is 3.99. The third-order valence-electron chi connectivity index (χ3n) is 15.9. The maximum absolute atomic E-state index is 12.9. The molecule has 0 aromatic carbocycles. The smallest absolute Gasteiger partial charge is 0.306 e. The molecule has 6 heteroatoms. The predicted molar refractivity (Wildman–Crippen MR) is 358 cm³/mol. The van der Waals surface area contributed by atoms with Gasteiger partial charge >= 0.3 is 17.9 Å². The molecule has 0 aliphatic rings. The molecule has 0 aromatic heterocycles. The summed E-state index contributed by atoms with van der Waals surface area (Å²) in [7, 11) is 0. The topological polar surface area (TPSA) is 78.9 Å². The summed E-state index contributed by atoms with van der Waals surface area (Å²) in [6.07, 6.45) is 92.7. The zero-order chi connectivity index (χ0) is 59.2. The minimum Gasteiger partial charge on any atom is -0.462 e. The maximum atomic E-state index is 12.9. The lowest BCUT2D eigenvalue weighted by molar-refractivity contribution is -0.167. The Morgan fingerprint density at radius 2 is 0.476 bits per heavy atom. The second-order valence-corrected chi connectivity index (χ2v) is 24.1. The summed E-state index contributed by atoms with van der Waals surface area (Å²) in [5, 5.41) is 0. The number of rotatable bonds is 66. The summed E-state index contributed by atoms with van der Waals surface area (Å²) in [4.78, 5) is 38.1. The van der Waals surface area contributed by atoms with Crippen molar-refractivity contribution in [1.82, 2.24) is 0 Å². The van der Waals surface area contributed by atoms with Gasteiger partial charge in [-0.05, 0) is 89.9 Å². The van der Waals surface area contributed by atoms with Gasteiger partial charge in [0.15, 0.2) is 6.10 Å². The first-order chi connectivity index (χ1) is 40.5. The Morgan fingerprint density at radius 3 is 0.756 bits per heavy atom. The van der Waals surface area contributed by atoms with Crippen LogP contribution in [0.25, 0.3) is 0 Å². The highest BCUT2D eigenvalue weighted by atomic mass is 16.6. The van der Waals surface area contributed by atoms with E-state index in [2.05, 4.69) is 93.7 Å². The number of carbonyl (C=O) groups excluding carboxylic acids is 3. The predicted octanol–water partition coefficient (Wildman–Crippen LogP) is 24.8. The highest BCUT2D eigenvalue weighted by molar-refractivity contribution is 5.71. The minimum absolute atomic E-state index is 0.0706. The molecule has 82 heavy (non-hydrogen) atoms. The standard InChI is InChI=1S/C76H136O6/c1-4-7-10-13-16-18-20-22-24-26-28-30-32-34-36-37-38-39-41-42-44-46-48-50-52-54-56-58-60-63-66-69-75(78)81-72-73(71-80-74(77)68-65-62-15-12-9-6-3)82-76(79)70-67-64-61-59-57-55-53-51-49-47-45-43-40-35-33-31-29-27-25-23-21-19-17-14-11-8-5-2/h7,10,16,18,22,24,27-30,34,36,73H,4-6,8-9,11-15,17,19-21,23,25-26,31-33,35,37-72H2,1-3H3/b10-7-,18-16-,24-22-,29-27-,30-28-,36-34-. The van der Waals surface area contributed by atoms with Crippen LogP contribution in [-0.4, -0.2) is 37.2 Å². The lowest BCUT2D eigenvalue weighted by Crippen LogP contribution is -2.30. The van der Waals surface area contributed by atoms with Crippen LogP contribution in [0.3, 0.4) is 0 Å². The molecule has 0 aromatic rings. The van der Waals surface area contributed by atoms with E-state index in [1.165, 1.54) is 244 Å². The van der Waals surface area contributed by atoms with Gasteiger partial charge in [0.2, 0.25) is 0 Å². The summed E-state index contributed by atoms with van der Waals surface area (Å²) in [5.41, 5.74) is 0. The molecule has 0 aliphatic carbocycles. The van der Waals surface area contributed by atoms with E-state index in [-0.39, 0.29) is 31.1 Å². The number of unbranched alkanes of at least 4 members (excludes halogenated alkanes) is 43. The first-order valence-corrected chi connectivity index (χ1v) is 35.9. The largest absolute Gasteiger partial charge is 0.462 e. The van der Waals surface area contributed by atoms with Crippen LogP contribution in [0.1, 0.15) is 374 Å². The van der Waals surface area contributed by atoms with E-state index < -0.39 is 6.10 Å². The van der Waals surface area contributed by atoms with Crippen LogP contribution in [0.15, 0.2) is 72.9 Å². The number of esters is 3. The molecule has 0 bridgehead atoms. The third-order valence-corrected chi connectivity index (χ3v) is 15.9. The van der Waals surface area contributed by atoms with Crippen molar-refractivity contribution in [2.45, 2.75) is 380 Å². The van der Waals surface area contributed by atoms with Crippen molar-refractivity contribution in [1.29, 1.82) is 0 Å². The Bertz CT molecular complexity index is 1500. The number of carbonyl (C=O) groups is 3. The molecule has 1 atom stereocenters. The van der Waals surface area contributed by atoms with Crippen LogP contribution in [0.2, 0.25) is 0 Å². The van der Waals surface area contributed by atoms with Crippen LogP contribution < -0.4 is 0 Å². The Morgan fingerprint density at radius 1 is 0.256 bits per heavy atom. The Labute approximate surface area is 510 Å². The first kappa shape index (κ1) is 78.8. The van der Waals surface area contributed by atoms with Gasteiger partial charge in [-0.15, -0.1) is 0 Å². The average molecular weight is 1150 g/mol. The Hall–Kier alpha value is -3.15. The van der Waals surface area contributed by atoms with Gasteiger partial charge in [0.25, 0.3) is 0 Å². The van der Waals surface area contributed by atoms with Gasteiger partial charge in [0.1, 0.15) is 13.2 Å². The molecule has 0 saturated carbocycles. The van der Waals surface area contributed by atoms with Gasteiger partial charge in [0, 0.05) is 19.3 Å². The van der Waals surface area contributed by atoms with E-state index in [1.54, 1.807) is 0 Å². The van der Waals surface area contributed by atoms with Crippen molar-refractivity contribution >= 4 is 17.9 Å². The normalized spacial score (nSPS) is 12.5. The quantitative estimate of drug-likeness (QED) is 0.0261. The fourth-order valence-corrected chi connectivity index (χ4v) is 10.6. The van der Waals surface area contributed by atoms with Gasteiger partial charge in [0.05, 0.1) is 0 Å². The fraction of sp³-hybridized carbons (Fsp3) is 0.803. The highest BCUT2D eigenvalue weighted by Gasteiger charge is 2.19. The first-order valence-electron chi connectivity index (χ1n) is 35.9. The fourth-order valence-electron chi connectivity index (χ4n) is 10.6. The zero-order valence-corrected chi connectivity index (χ0v) is 54.8. The number of hydrogen-bond donors (Lipinski definition) is 0. The molecule has 0 N–H and O–H groups in total. The second-order valence-electron chi connectivity index (χ2n) is 24.1. The summed E-state index contributed by atoms with van der Waals surface area (Å²) >= 11 is 0. The van der Waals surface area contributed by atoms with Crippen molar-refractivity contribution in [2.75, 3.05) is 13.2 Å².